The van der Waals surface area contributed by atoms with E-state index in [1.165, 1.54) is 11.4 Å². The molecule has 26 heavy (non-hydrogen) atoms. The van der Waals surface area contributed by atoms with Gasteiger partial charge in [-0.25, -0.2) is 0 Å². The van der Waals surface area contributed by atoms with E-state index in [0.717, 1.165) is 75.0 Å². The lowest BCUT2D eigenvalue weighted by Crippen LogP contribution is -2.46. The van der Waals surface area contributed by atoms with Gasteiger partial charge in [-0.05, 0) is 56.1 Å². The molecule has 4 rings (SSSR count). The zero-order chi connectivity index (χ0) is 17.9. The first-order valence-electron chi connectivity index (χ1n) is 9.65. The number of hydrogen-bond acceptors (Lipinski definition) is 3. The molecule has 4 nitrogen and oxygen atoms in total. The summed E-state index contributed by atoms with van der Waals surface area (Å²) in [6, 6.07) is 10.6. The molecule has 0 saturated carbocycles. The number of benzene rings is 1. The average Bonchev–Trinajstić information content (AvgIpc) is 3.08. The molecule has 0 unspecified atom stereocenters. The van der Waals surface area contributed by atoms with Crippen molar-refractivity contribution in [1.82, 2.24) is 9.47 Å². The Morgan fingerprint density at radius 1 is 0.923 bits per heavy atom. The molecule has 2 aliphatic rings. The maximum absolute atomic E-state index is 12.0. The van der Waals surface area contributed by atoms with Crippen LogP contribution in [0.3, 0.4) is 0 Å². The van der Waals surface area contributed by atoms with Crippen LogP contribution in [0.4, 0.5) is 5.69 Å². The Bertz CT molecular complexity index is 760. The minimum atomic E-state index is 0.328. The van der Waals surface area contributed by atoms with E-state index < -0.39 is 0 Å². The molecular weight excluding hydrogens is 390 g/mol. The summed E-state index contributed by atoms with van der Waals surface area (Å²) in [7, 11) is 0. The molecule has 5 heteroatoms. The van der Waals surface area contributed by atoms with Crippen LogP contribution in [0.2, 0.25) is 0 Å². The van der Waals surface area contributed by atoms with Gasteiger partial charge in [0.05, 0.1) is 0 Å². The summed E-state index contributed by atoms with van der Waals surface area (Å²) in [4.78, 5) is 17.0. The summed E-state index contributed by atoms with van der Waals surface area (Å²) in [6.45, 7) is 6.59. The van der Waals surface area contributed by atoms with Gasteiger partial charge in [0, 0.05) is 66.8 Å². The fourth-order valence-corrected chi connectivity index (χ4v) is 4.41. The van der Waals surface area contributed by atoms with Crippen molar-refractivity contribution in [2.75, 3.05) is 37.6 Å². The molecule has 1 aliphatic heterocycles. The van der Waals surface area contributed by atoms with Crippen LogP contribution >= 0.6 is 15.9 Å². The van der Waals surface area contributed by atoms with E-state index in [1.54, 1.807) is 0 Å². The number of aromatic nitrogens is 1. The minimum Gasteiger partial charge on any atom is -0.369 e. The monoisotopic (exact) mass is 415 g/mol. The highest BCUT2D eigenvalue weighted by molar-refractivity contribution is 9.10. The number of Topliss-reactive ketones (excluding diaryl/α,β-unsaturated/α-hetero) is 1. The number of fused-ring (bicyclic) bond motifs is 1. The molecule has 0 radical (unpaired) electrons. The summed E-state index contributed by atoms with van der Waals surface area (Å²) in [5.74, 6) is 0.328. The molecule has 0 amide bonds. The summed E-state index contributed by atoms with van der Waals surface area (Å²) in [5, 5.41) is 0. The number of carbonyl (C=O) groups excluding carboxylic acids is 1. The lowest BCUT2D eigenvalue weighted by molar-refractivity contribution is 0.0971. The fourth-order valence-electron chi connectivity index (χ4n) is 4.14. The quantitative estimate of drug-likeness (QED) is 0.738. The fraction of sp³-hybridized carbons (Fsp3) is 0.476. The number of hydrogen-bond donors (Lipinski definition) is 0. The van der Waals surface area contributed by atoms with Crippen molar-refractivity contribution in [3.63, 3.8) is 0 Å². The highest BCUT2D eigenvalue weighted by Gasteiger charge is 2.21. The number of halogens is 1. The SMILES string of the molecule is O=C1CCCc2c1ccn2CCCN1CCN(c2ccc(Br)cc2)CC1. The molecule has 0 bridgehead atoms. The molecule has 1 aromatic heterocycles. The Kier molecular flexibility index (Phi) is 5.46. The van der Waals surface area contributed by atoms with Gasteiger partial charge in [0.25, 0.3) is 0 Å². The van der Waals surface area contributed by atoms with E-state index in [1.807, 2.05) is 6.07 Å². The number of rotatable bonds is 5. The molecular formula is C21H26BrN3O. The first kappa shape index (κ1) is 17.8. The van der Waals surface area contributed by atoms with Crippen LogP contribution in [-0.2, 0) is 13.0 Å². The molecule has 0 spiro atoms. The number of ketones is 1. The van der Waals surface area contributed by atoms with Gasteiger partial charge in [-0.15, -0.1) is 0 Å². The van der Waals surface area contributed by atoms with Gasteiger partial charge in [-0.1, -0.05) is 15.9 Å². The molecule has 0 N–H and O–H groups in total. The maximum atomic E-state index is 12.0. The van der Waals surface area contributed by atoms with Crippen molar-refractivity contribution in [2.45, 2.75) is 32.2 Å². The predicted octanol–water partition coefficient (Wildman–Crippen LogP) is 3.98. The minimum absolute atomic E-state index is 0.328. The van der Waals surface area contributed by atoms with Gasteiger partial charge in [0.1, 0.15) is 0 Å². The predicted molar refractivity (Wildman–Crippen MR) is 109 cm³/mol. The third kappa shape index (κ3) is 3.89. The Hall–Kier alpha value is -1.59. The highest BCUT2D eigenvalue weighted by Crippen LogP contribution is 2.23. The maximum Gasteiger partial charge on any atom is 0.164 e. The molecule has 1 aliphatic carbocycles. The van der Waals surface area contributed by atoms with Crippen LogP contribution in [0.5, 0.6) is 0 Å². The van der Waals surface area contributed by atoms with Crippen LogP contribution in [0, 0.1) is 0 Å². The van der Waals surface area contributed by atoms with E-state index >= 15 is 0 Å². The normalized spacial score (nSPS) is 18.2. The Labute approximate surface area is 163 Å². The van der Waals surface area contributed by atoms with Crippen molar-refractivity contribution >= 4 is 27.4 Å². The molecule has 2 aromatic rings. The Morgan fingerprint density at radius 3 is 2.46 bits per heavy atom. The summed E-state index contributed by atoms with van der Waals surface area (Å²) in [5.41, 5.74) is 3.55. The molecule has 2 heterocycles. The third-order valence-electron chi connectivity index (χ3n) is 5.63. The van der Waals surface area contributed by atoms with Crippen molar-refractivity contribution in [2.24, 2.45) is 0 Å². The summed E-state index contributed by atoms with van der Waals surface area (Å²) < 4.78 is 3.44. The number of nitrogens with zero attached hydrogens (tertiary/aromatic N) is 3. The van der Waals surface area contributed by atoms with Gasteiger partial charge < -0.3 is 9.47 Å². The Morgan fingerprint density at radius 2 is 1.69 bits per heavy atom. The van der Waals surface area contributed by atoms with Gasteiger partial charge in [-0.2, -0.15) is 0 Å². The molecule has 1 aromatic carbocycles. The second-order valence-electron chi connectivity index (χ2n) is 7.30. The topological polar surface area (TPSA) is 28.5 Å². The van der Waals surface area contributed by atoms with Crippen LogP contribution in [-0.4, -0.2) is 48.0 Å². The van der Waals surface area contributed by atoms with Crippen molar-refractivity contribution in [3.05, 3.63) is 52.3 Å². The van der Waals surface area contributed by atoms with Crippen LogP contribution < -0.4 is 4.90 Å². The second-order valence-corrected chi connectivity index (χ2v) is 8.22. The van der Waals surface area contributed by atoms with Gasteiger partial charge in [0.2, 0.25) is 0 Å². The number of piperazine rings is 1. The molecule has 1 saturated heterocycles. The van der Waals surface area contributed by atoms with E-state index in [0.29, 0.717) is 5.78 Å². The van der Waals surface area contributed by atoms with Crippen molar-refractivity contribution in [3.8, 4) is 0 Å². The number of carbonyl (C=O) groups is 1. The summed E-state index contributed by atoms with van der Waals surface area (Å²) in [6.07, 6.45) is 6.04. The number of anilines is 1. The Balaban J connectivity index is 1.24. The second kappa shape index (κ2) is 7.97. The zero-order valence-electron chi connectivity index (χ0n) is 15.2. The van der Waals surface area contributed by atoms with Gasteiger partial charge >= 0.3 is 0 Å². The highest BCUT2D eigenvalue weighted by atomic mass is 79.9. The van der Waals surface area contributed by atoms with Crippen LogP contribution in [0.25, 0.3) is 0 Å². The molecule has 0 atom stereocenters. The van der Waals surface area contributed by atoms with Crippen molar-refractivity contribution in [1.29, 1.82) is 0 Å². The van der Waals surface area contributed by atoms with Crippen LogP contribution in [0.15, 0.2) is 41.0 Å². The van der Waals surface area contributed by atoms with Crippen molar-refractivity contribution < 1.29 is 4.79 Å². The third-order valence-corrected chi connectivity index (χ3v) is 6.16. The van der Waals surface area contributed by atoms with Gasteiger partial charge in [0.15, 0.2) is 5.78 Å². The van der Waals surface area contributed by atoms with E-state index in [-0.39, 0.29) is 0 Å². The van der Waals surface area contributed by atoms with Crippen LogP contribution in [0.1, 0.15) is 35.3 Å². The average molecular weight is 416 g/mol. The first-order chi connectivity index (χ1) is 12.7. The molecule has 1 fully saturated rings. The standard InChI is InChI=1S/C21H26BrN3O/c22-17-5-7-18(8-6-17)24-15-13-23(14-16-24)10-2-11-25-12-9-19-20(25)3-1-4-21(19)26/h5-9,12H,1-4,10-11,13-16H2. The first-order valence-corrected chi connectivity index (χ1v) is 10.4. The largest absolute Gasteiger partial charge is 0.369 e. The molecule has 138 valence electrons. The van der Waals surface area contributed by atoms with E-state index in [2.05, 4.69) is 60.8 Å². The van der Waals surface area contributed by atoms with E-state index in [4.69, 9.17) is 0 Å². The lowest BCUT2D eigenvalue weighted by Gasteiger charge is -2.36. The zero-order valence-corrected chi connectivity index (χ0v) is 16.7. The summed E-state index contributed by atoms with van der Waals surface area (Å²) >= 11 is 3.50. The van der Waals surface area contributed by atoms with Gasteiger partial charge in [-0.3, -0.25) is 9.69 Å². The van der Waals surface area contributed by atoms with E-state index in [9.17, 15) is 4.79 Å². The number of aryl methyl sites for hydroxylation is 1. The smallest absolute Gasteiger partial charge is 0.164 e. The lowest BCUT2D eigenvalue weighted by atomic mass is 9.97.